The Morgan fingerprint density at radius 2 is 1.92 bits per heavy atom. The van der Waals surface area contributed by atoms with E-state index in [1.807, 2.05) is 4.31 Å². The highest BCUT2D eigenvalue weighted by Gasteiger charge is 2.44. The van der Waals surface area contributed by atoms with Crippen LogP contribution in [0.2, 0.25) is 0 Å². The second-order valence-corrected chi connectivity index (χ2v) is 10.9. The van der Waals surface area contributed by atoms with E-state index >= 15 is 0 Å². The maximum atomic E-state index is 13.7. The Morgan fingerprint density at radius 1 is 1.21 bits per heavy atom. The minimum atomic E-state index is -0.942. The molecule has 4 rings (SSSR count). The van der Waals surface area contributed by atoms with E-state index in [1.165, 1.54) is 24.1 Å². The molecule has 2 saturated heterocycles. The van der Waals surface area contributed by atoms with Crippen LogP contribution in [-0.4, -0.2) is 76.1 Å². The van der Waals surface area contributed by atoms with Crippen LogP contribution in [0.25, 0.3) is 0 Å². The van der Waals surface area contributed by atoms with Gasteiger partial charge in [-0.25, -0.2) is 13.5 Å². The second-order valence-electron chi connectivity index (χ2n) is 9.70. The first kappa shape index (κ1) is 27.9. The highest BCUT2D eigenvalue weighted by atomic mass is 32.2. The van der Waals surface area contributed by atoms with Gasteiger partial charge in [0.2, 0.25) is 17.7 Å². The lowest BCUT2D eigenvalue weighted by Crippen LogP contribution is -2.61. The molecule has 38 heavy (non-hydrogen) atoms. The number of nitrogens with one attached hydrogen (secondary N) is 1. The van der Waals surface area contributed by atoms with E-state index in [0.717, 1.165) is 4.90 Å². The summed E-state index contributed by atoms with van der Waals surface area (Å²) in [7, 11) is 1.69. The molecule has 0 saturated carbocycles. The van der Waals surface area contributed by atoms with Gasteiger partial charge in [0, 0.05) is 24.0 Å². The molecule has 0 aliphatic carbocycles. The molecule has 2 fully saturated rings. The number of hydrogen-bond acceptors (Lipinski definition) is 9. The summed E-state index contributed by atoms with van der Waals surface area (Å²) < 4.78 is 25.3. The highest BCUT2D eigenvalue weighted by Crippen LogP contribution is 2.32. The predicted octanol–water partition coefficient (Wildman–Crippen LogP) is 1.24. The zero-order valence-corrected chi connectivity index (χ0v) is 22.3. The van der Waals surface area contributed by atoms with Gasteiger partial charge in [-0.15, -0.1) is 0 Å². The van der Waals surface area contributed by atoms with Crippen molar-refractivity contribution in [1.29, 1.82) is 0 Å². The molecular formula is C25H32FN5O6S. The topological polar surface area (TPSA) is 142 Å². The summed E-state index contributed by atoms with van der Waals surface area (Å²) in [6, 6.07) is 3.54. The van der Waals surface area contributed by atoms with E-state index in [2.05, 4.69) is 5.32 Å². The maximum absolute atomic E-state index is 13.7. The van der Waals surface area contributed by atoms with Gasteiger partial charge in [-0.05, 0) is 76.4 Å². The molecule has 3 heterocycles. The zero-order valence-electron chi connectivity index (χ0n) is 21.5. The van der Waals surface area contributed by atoms with E-state index < -0.39 is 35.8 Å². The third-order valence-electron chi connectivity index (χ3n) is 7.12. The number of hydrogen-bond donors (Lipinski definition) is 2. The lowest BCUT2D eigenvalue weighted by molar-refractivity contribution is -0.144. The Kier molecular flexibility index (Phi) is 8.58. The molecule has 3 amide bonds. The van der Waals surface area contributed by atoms with Crippen molar-refractivity contribution in [2.45, 2.75) is 68.7 Å². The third kappa shape index (κ3) is 6.27. The number of nitrogens with two attached hydrogens (primary N) is 1. The Balaban J connectivity index is 1.52. The molecule has 11 nitrogen and oxygen atoms in total. The standard InChI is InChI=1S/C25H32FN5O6S/c1-14(29(3)13-21-15(2)36-25(35)37-21)23(33)28-19-12-30(38-18-7-4-16(26)5-8-18)11-10-17-6-9-20(22(27)32)31(17)24(19)34/h4-5,7-8,14,17,19-20H,6,9-13H2,1-3H3,(H2,27,32)(H,28,33)/t14-,17?,19?,20?/m0/s1. The molecule has 1 aromatic heterocycles. The fraction of sp³-hybridized carbons (Fsp3) is 0.520. The van der Waals surface area contributed by atoms with Gasteiger partial charge >= 0.3 is 5.82 Å². The van der Waals surface area contributed by atoms with Crippen LogP contribution >= 0.6 is 11.9 Å². The minimum Gasteiger partial charge on any atom is -0.396 e. The summed E-state index contributed by atoms with van der Waals surface area (Å²) in [6.45, 7) is 4.18. The number of halogens is 1. The molecule has 2 aromatic rings. The zero-order chi connectivity index (χ0) is 27.6. The lowest BCUT2D eigenvalue weighted by atomic mass is 10.1. The first-order chi connectivity index (χ1) is 18.0. The molecule has 13 heteroatoms. The third-order valence-corrected chi connectivity index (χ3v) is 8.19. The number of aryl methyl sites for hydroxylation is 1. The number of benzene rings is 1. The van der Waals surface area contributed by atoms with Crippen LogP contribution in [0.4, 0.5) is 4.39 Å². The van der Waals surface area contributed by atoms with Crippen LogP contribution in [0.3, 0.4) is 0 Å². The molecule has 2 aliphatic heterocycles. The Morgan fingerprint density at radius 3 is 2.55 bits per heavy atom. The summed E-state index contributed by atoms with van der Waals surface area (Å²) in [5.41, 5.74) is 5.61. The average Bonchev–Trinajstić information content (AvgIpc) is 3.43. The number of amides is 3. The summed E-state index contributed by atoms with van der Waals surface area (Å²) in [5.74, 6) is -1.85. The van der Waals surface area contributed by atoms with Crippen molar-refractivity contribution in [2.24, 2.45) is 5.73 Å². The number of likely N-dealkylation sites (N-methyl/N-ethyl adjacent to an activating group) is 1. The Hall–Kier alpha value is -3.16. The number of carbonyl (C=O) groups excluding carboxylic acids is 3. The SMILES string of the molecule is Cc1oc(=O)oc1CN(C)[C@@H](C)C(=O)NC1CN(Sc2ccc(F)cc2)CCC2CCC(C(N)=O)N2C1=O. The number of primary amides is 1. The minimum absolute atomic E-state index is 0.148. The summed E-state index contributed by atoms with van der Waals surface area (Å²) in [4.78, 5) is 54.5. The van der Waals surface area contributed by atoms with Gasteiger partial charge in [-0.2, -0.15) is 0 Å². The van der Waals surface area contributed by atoms with Crippen LogP contribution < -0.4 is 16.9 Å². The van der Waals surface area contributed by atoms with E-state index in [-0.39, 0.29) is 30.9 Å². The molecule has 2 aliphatic rings. The number of nitrogens with zero attached hydrogens (tertiary/aromatic N) is 3. The Bertz CT molecular complexity index is 1230. The van der Waals surface area contributed by atoms with E-state index in [4.69, 9.17) is 14.6 Å². The fourth-order valence-corrected chi connectivity index (χ4v) is 5.81. The predicted molar refractivity (Wildman–Crippen MR) is 136 cm³/mol. The largest absolute Gasteiger partial charge is 0.519 e. The van der Waals surface area contributed by atoms with E-state index in [1.54, 1.807) is 42.8 Å². The van der Waals surface area contributed by atoms with Crippen molar-refractivity contribution in [3.8, 4) is 0 Å². The molecule has 0 radical (unpaired) electrons. The summed E-state index contributed by atoms with van der Waals surface area (Å²) in [6.07, 6.45) is 1.76. The molecule has 0 bridgehead atoms. The fourth-order valence-electron chi connectivity index (χ4n) is 4.83. The smallest absolute Gasteiger partial charge is 0.396 e. The normalized spacial score (nSPS) is 23.1. The van der Waals surface area contributed by atoms with Gasteiger partial charge in [0.15, 0.2) is 5.76 Å². The first-order valence-corrected chi connectivity index (χ1v) is 13.2. The van der Waals surface area contributed by atoms with Gasteiger partial charge in [-0.3, -0.25) is 19.3 Å². The van der Waals surface area contributed by atoms with Crippen molar-refractivity contribution in [3.63, 3.8) is 0 Å². The number of carbonyl (C=O) groups is 3. The van der Waals surface area contributed by atoms with E-state index in [9.17, 15) is 23.6 Å². The molecule has 3 N–H and O–H groups in total. The van der Waals surface area contributed by atoms with Gasteiger partial charge in [0.05, 0.1) is 12.6 Å². The highest BCUT2D eigenvalue weighted by molar-refractivity contribution is 7.97. The monoisotopic (exact) mass is 549 g/mol. The van der Waals surface area contributed by atoms with Crippen molar-refractivity contribution >= 4 is 29.7 Å². The van der Waals surface area contributed by atoms with Crippen LogP contribution in [-0.2, 0) is 20.9 Å². The molecule has 0 spiro atoms. The molecule has 3 unspecified atom stereocenters. The molecule has 4 atom stereocenters. The summed E-state index contributed by atoms with van der Waals surface area (Å²) >= 11 is 1.38. The number of fused-ring (bicyclic) bond motifs is 1. The summed E-state index contributed by atoms with van der Waals surface area (Å²) in [5, 5.41) is 2.86. The maximum Gasteiger partial charge on any atom is 0.519 e. The van der Waals surface area contributed by atoms with Crippen LogP contribution in [0.5, 0.6) is 0 Å². The van der Waals surface area contributed by atoms with Gasteiger partial charge in [0.1, 0.15) is 23.7 Å². The average molecular weight is 550 g/mol. The van der Waals surface area contributed by atoms with Crippen molar-refractivity contribution in [1.82, 2.24) is 19.4 Å². The molecule has 206 valence electrons. The molecular weight excluding hydrogens is 517 g/mol. The second kappa shape index (κ2) is 11.7. The van der Waals surface area contributed by atoms with Crippen molar-refractivity contribution < 1.29 is 27.6 Å². The quantitative estimate of drug-likeness (QED) is 0.465. The molecule has 1 aromatic carbocycles. The van der Waals surface area contributed by atoms with Crippen molar-refractivity contribution in [2.75, 3.05) is 20.1 Å². The van der Waals surface area contributed by atoms with Gasteiger partial charge < -0.3 is 24.8 Å². The number of rotatable bonds is 8. The van der Waals surface area contributed by atoms with Crippen LogP contribution in [0.1, 0.15) is 37.7 Å². The van der Waals surface area contributed by atoms with Crippen LogP contribution in [0.15, 0.2) is 42.8 Å². The Labute approximate surface area is 223 Å². The van der Waals surface area contributed by atoms with Gasteiger partial charge in [0.25, 0.3) is 0 Å². The lowest BCUT2D eigenvalue weighted by Gasteiger charge is -2.38. The first-order valence-electron chi connectivity index (χ1n) is 12.4. The van der Waals surface area contributed by atoms with Crippen LogP contribution in [0, 0.1) is 12.7 Å². The van der Waals surface area contributed by atoms with Crippen molar-refractivity contribution in [3.05, 3.63) is 52.2 Å². The van der Waals surface area contributed by atoms with E-state index in [0.29, 0.717) is 37.3 Å². The van der Waals surface area contributed by atoms with Gasteiger partial charge in [-0.1, -0.05) is 0 Å².